The van der Waals surface area contributed by atoms with Gasteiger partial charge in [-0.2, -0.15) is 0 Å². The lowest BCUT2D eigenvalue weighted by molar-refractivity contribution is -0.142. The minimum absolute atomic E-state index is 0.139. The molecule has 0 radical (unpaired) electrons. The van der Waals surface area contributed by atoms with Crippen LogP contribution in [0.15, 0.2) is 0 Å². The Hall–Kier alpha value is -1.67. The van der Waals surface area contributed by atoms with Crippen LogP contribution in [0.1, 0.15) is 57.8 Å². The fraction of sp³-hybridized carbons (Fsp3) is 0.850. The number of esters is 3. The van der Waals surface area contributed by atoms with E-state index in [0.29, 0.717) is 32.4 Å². The predicted octanol–water partition coefficient (Wildman–Crippen LogP) is 1.91. The van der Waals surface area contributed by atoms with E-state index in [1.807, 2.05) is 0 Å². The van der Waals surface area contributed by atoms with Gasteiger partial charge in [-0.15, -0.1) is 0 Å². The molecule has 0 aliphatic heterocycles. The zero-order valence-electron chi connectivity index (χ0n) is 17.8. The quantitative estimate of drug-likeness (QED) is 0.211. The zero-order chi connectivity index (χ0) is 21.0. The van der Waals surface area contributed by atoms with Crippen molar-refractivity contribution in [2.45, 2.75) is 57.8 Å². The number of hydrogen-bond donors (Lipinski definition) is 1. The molecule has 0 rings (SSSR count). The van der Waals surface area contributed by atoms with Crippen LogP contribution in [0.3, 0.4) is 0 Å². The summed E-state index contributed by atoms with van der Waals surface area (Å²) in [6.45, 7) is 3.97. The zero-order valence-corrected chi connectivity index (χ0v) is 17.8. The topological polar surface area (TPSA) is 94.2 Å². The maximum Gasteiger partial charge on any atom is 0.306 e. The SMILES string of the molecule is COC(=O)CCCCCNCCCCCN(CCC(=O)OC)CCC(=O)OC. The maximum atomic E-state index is 11.3. The van der Waals surface area contributed by atoms with Crippen LogP contribution in [0.25, 0.3) is 0 Å². The van der Waals surface area contributed by atoms with Crippen molar-refractivity contribution >= 4 is 17.9 Å². The molecule has 0 fully saturated rings. The molecule has 0 saturated heterocycles. The van der Waals surface area contributed by atoms with Gasteiger partial charge in [0.25, 0.3) is 0 Å². The smallest absolute Gasteiger partial charge is 0.306 e. The molecule has 0 aliphatic rings. The first-order valence-corrected chi connectivity index (χ1v) is 10.2. The summed E-state index contributed by atoms with van der Waals surface area (Å²) in [5.41, 5.74) is 0. The van der Waals surface area contributed by atoms with Gasteiger partial charge in [0.05, 0.1) is 34.2 Å². The van der Waals surface area contributed by atoms with Crippen molar-refractivity contribution in [3.8, 4) is 0 Å². The molecule has 0 bridgehead atoms. The highest BCUT2D eigenvalue weighted by Gasteiger charge is 2.11. The summed E-state index contributed by atoms with van der Waals surface area (Å²) in [5, 5.41) is 3.42. The van der Waals surface area contributed by atoms with Gasteiger partial charge in [0.15, 0.2) is 0 Å². The fourth-order valence-electron chi connectivity index (χ4n) is 2.72. The summed E-state index contributed by atoms with van der Waals surface area (Å²) < 4.78 is 14.0. The number of nitrogens with one attached hydrogen (secondary N) is 1. The molecule has 0 unspecified atom stereocenters. The van der Waals surface area contributed by atoms with Gasteiger partial charge in [-0.25, -0.2) is 0 Å². The van der Waals surface area contributed by atoms with Gasteiger partial charge < -0.3 is 24.4 Å². The van der Waals surface area contributed by atoms with Crippen molar-refractivity contribution in [3.63, 3.8) is 0 Å². The molecule has 0 saturated carbocycles. The summed E-state index contributed by atoms with van der Waals surface area (Å²) in [4.78, 5) is 35.8. The molecule has 0 atom stereocenters. The highest BCUT2D eigenvalue weighted by atomic mass is 16.5. The Balaban J connectivity index is 3.72. The van der Waals surface area contributed by atoms with Crippen LogP contribution in [0.2, 0.25) is 0 Å². The normalized spacial score (nSPS) is 10.7. The van der Waals surface area contributed by atoms with Gasteiger partial charge >= 0.3 is 17.9 Å². The Morgan fingerprint density at radius 3 is 1.57 bits per heavy atom. The lowest BCUT2D eigenvalue weighted by atomic mass is 10.2. The standard InChI is InChI=1S/C20H38N2O6/c1-26-18(23)10-6-4-7-13-21-14-8-5-9-15-22(16-11-19(24)27-2)17-12-20(25)28-3/h21H,4-17H2,1-3H3. The van der Waals surface area contributed by atoms with E-state index in [1.165, 1.54) is 21.3 Å². The van der Waals surface area contributed by atoms with Crippen molar-refractivity contribution in [1.29, 1.82) is 0 Å². The molecule has 1 N–H and O–H groups in total. The fourth-order valence-corrected chi connectivity index (χ4v) is 2.72. The molecule has 8 heteroatoms. The van der Waals surface area contributed by atoms with E-state index in [-0.39, 0.29) is 17.9 Å². The molecule has 0 amide bonds. The molecule has 0 spiro atoms. The molecule has 28 heavy (non-hydrogen) atoms. The van der Waals surface area contributed by atoms with Crippen LogP contribution in [0, 0.1) is 0 Å². The van der Waals surface area contributed by atoms with E-state index in [2.05, 4.69) is 24.4 Å². The number of unbranched alkanes of at least 4 members (excludes halogenated alkanes) is 4. The Kier molecular flexibility index (Phi) is 17.6. The maximum absolute atomic E-state index is 11.3. The second kappa shape index (κ2) is 18.7. The van der Waals surface area contributed by atoms with E-state index in [4.69, 9.17) is 0 Å². The molecule has 0 heterocycles. The average molecular weight is 403 g/mol. The molecule has 164 valence electrons. The summed E-state index contributed by atoms with van der Waals surface area (Å²) in [6.07, 6.45) is 7.31. The Morgan fingerprint density at radius 2 is 1.07 bits per heavy atom. The average Bonchev–Trinajstić information content (AvgIpc) is 2.72. The van der Waals surface area contributed by atoms with E-state index in [1.54, 1.807) is 0 Å². The number of ether oxygens (including phenoxy) is 3. The van der Waals surface area contributed by atoms with E-state index >= 15 is 0 Å². The van der Waals surface area contributed by atoms with Gasteiger partial charge in [0.2, 0.25) is 0 Å². The van der Waals surface area contributed by atoms with Gasteiger partial charge in [0, 0.05) is 19.5 Å². The lowest BCUT2D eigenvalue weighted by Gasteiger charge is -2.21. The molecule has 0 aromatic rings. The number of carbonyl (C=O) groups is 3. The van der Waals surface area contributed by atoms with Crippen molar-refractivity contribution in [2.24, 2.45) is 0 Å². The minimum atomic E-state index is -0.237. The number of rotatable bonds is 18. The summed E-state index contributed by atoms with van der Waals surface area (Å²) in [6, 6.07) is 0. The van der Waals surface area contributed by atoms with E-state index in [0.717, 1.165) is 58.2 Å². The van der Waals surface area contributed by atoms with Crippen molar-refractivity contribution < 1.29 is 28.6 Å². The van der Waals surface area contributed by atoms with Crippen LogP contribution in [0.4, 0.5) is 0 Å². The number of nitrogens with zero attached hydrogens (tertiary/aromatic N) is 1. The molecule has 8 nitrogen and oxygen atoms in total. The molecule has 0 aromatic carbocycles. The molecule has 0 aromatic heterocycles. The molecular weight excluding hydrogens is 364 g/mol. The van der Waals surface area contributed by atoms with Crippen molar-refractivity contribution in [1.82, 2.24) is 10.2 Å². The predicted molar refractivity (Wildman–Crippen MR) is 107 cm³/mol. The number of carbonyl (C=O) groups excluding carboxylic acids is 3. The third kappa shape index (κ3) is 16.5. The first-order valence-electron chi connectivity index (χ1n) is 10.2. The van der Waals surface area contributed by atoms with Crippen molar-refractivity contribution in [3.05, 3.63) is 0 Å². The first kappa shape index (κ1) is 26.3. The Morgan fingerprint density at radius 1 is 0.607 bits per heavy atom. The number of hydrogen-bond acceptors (Lipinski definition) is 8. The van der Waals surface area contributed by atoms with Gasteiger partial charge in [-0.1, -0.05) is 12.8 Å². The summed E-state index contributed by atoms with van der Waals surface area (Å²) >= 11 is 0. The minimum Gasteiger partial charge on any atom is -0.469 e. The number of methoxy groups -OCH3 is 3. The highest BCUT2D eigenvalue weighted by Crippen LogP contribution is 2.03. The van der Waals surface area contributed by atoms with Crippen LogP contribution >= 0.6 is 0 Å². The third-order valence-corrected chi connectivity index (χ3v) is 4.51. The lowest BCUT2D eigenvalue weighted by Crippen LogP contribution is -2.30. The van der Waals surface area contributed by atoms with Gasteiger partial charge in [-0.05, 0) is 45.3 Å². The van der Waals surface area contributed by atoms with Crippen LogP contribution in [0.5, 0.6) is 0 Å². The first-order chi connectivity index (χ1) is 13.5. The van der Waals surface area contributed by atoms with Gasteiger partial charge in [-0.3, -0.25) is 14.4 Å². The van der Waals surface area contributed by atoms with Gasteiger partial charge in [0.1, 0.15) is 0 Å². The highest BCUT2D eigenvalue weighted by molar-refractivity contribution is 5.70. The van der Waals surface area contributed by atoms with E-state index in [9.17, 15) is 14.4 Å². The Bertz CT molecular complexity index is 411. The largest absolute Gasteiger partial charge is 0.469 e. The second-order valence-electron chi connectivity index (χ2n) is 6.69. The van der Waals surface area contributed by atoms with Crippen molar-refractivity contribution in [2.75, 3.05) is 54.1 Å². The van der Waals surface area contributed by atoms with Crippen LogP contribution in [-0.2, 0) is 28.6 Å². The monoisotopic (exact) mass is 402 g/mol. The molecular formula is C20H38N2O6. The third-order valence-electron chi connectivity index (χ3n) is 4.51. The summed E-state index contributed by atoms with van der Waals surface area (Å²) in [5.74, 6) is -0.613. The summed E-state index contributed by atoms with van der Waals surface area (Å²) in [7, 11) is 4.18. The van der Waals surface area contributed by atoms with Crippen LogP contribution < -0.4 is 5.32 Å². The second-order valence-corrected chi connectivity index (χ2v) is 6.69. The Labute approximate surface area is 169 Å². The molecule has 0 aliphatic carbocycles. The van der Waals surface area contributed by atoms with Crippen LogP contribution in [-0.4, -0.2) is 76.9 Å². The van der Waals surface area contributed by atoms with E-state index < -0.39 is 0 Å².